The molecule has 34 heavy (non-hydrogen) atoms. The van der Waals surface area contributed by atoms with Crippen LogP contribution in [0.1, 0.15) is 49.7 Å². The van der Waals surface area contributed by atoms with E-state index in [0.717, 1.165) is 28.9 Å². The number of allylic oxidation sites excluding steroid dienone is 2. The first-order chi connectivity index (χ1) is 16.8. The molecule has 0 aromatic heterocycles. The summed E-state index contributed by atoms with van der Waals surface area (Å²) < 4.78 is 11.9. The summed E-state index contributed by atoms with van der Waals surface area (Å²) in [6, 6.07) is 29.8. The van der Waals surface area contributed by atoms with Crippen LogP contribution in [0.4, 0.5) is 0 Å². The van der Waals surface area contributed by atoms with E-state index in [0.29, 0.717) is 6.61 Å². The zero-order valence-corrected chi connectivity index (χ0v) is 19.9. The van der Waals surface area contributed by atoms with Crippen LogP contribution in [0, 0.1) is 0 Å². The van der Waals surface area contributed by atoms with Crippen LogP contribution in [-0.4, -0.2) is 7.11 Å². The van der Waals surface area contributed by atoms with E-state index in [1.165, 1.54) is 59.8 Å². The lowest BCUT2D eigenvalue weighted by Gasteiger charge is -2.18. The number of hydrogen-bond donors (Lipinski definition) is 0. The summed E-state index contributed by atoms with van der Waals surface area (Å²) in [6.45, 7) is 0.538. The Bertz CT molecular complexity index is 1290. The topological polar surface area (TPSA) is 18.5 Å². The van der Waals surface area contributed by atoms with Gasteiger partial charge in [-0.3, -0.25) is 0 Å². The number of hydrogen-bond acceptors (Lipinski definition) is 2. The van der Waals surface area contributed by atoms with E-state index >= 15 is 0 Å². The van der Waals surface area contributed by atoms with Crippen LogP contribution in [0.2, 0.25) is 0 Å². The van der Waals surface area contributed by atoms with Gasteiger partial charge in [0.2, 0.25) is 0 Å². The van der Waals surface area contributed by atoms with Crippen LogP contribution >= 0.6 is 0 Å². The molecule has 0 radical (unpaired) electrons. The van der Waals surface area contributed by atoms with Crippen LogP contribution in [0.5, 0.6) is 11.5 Å². The molecule has 0 fully saturated rings. The Morgan fingerprint density at radius 2 is 1.47 bits per heavy atom. The van der Waals surface area contributed by atoms with Crippen LogP contribution in [0.15, 0.2) is 91.0 Å². The van der Waals surface area contributed by atoms with Gasteiger partial charge < -0.3 is 9.47 Å². The first-order valence-corrected chi connectivity index (χ1v) is 12.4. The summed E-state index contributed by atoms with van der Waals surface area (Å²) in [4.78, 5) is 0. The normalized spacial score (nSPS) is 15.7. The molecule has 5 rings (SSSR count). The van der Waals surface area contributed by atoms with Gasteiger partial charge in [-0.25, -0.2) is 0 Å². The third-order valence-corrected chi connectivity index (χ3v) is 6.78. The van der Waals surface area contributed by atoms with Gasteiger partial charge in [-0.1, -0.05) is 79.6 Å². The molecule has 1 aliphatic carbocycles. The highest BCUT2D eigenvalue weighted by Gasteiger charge is 2.15. The van der Waals surface area contributed by atoms with Crippen molar-refractivity contribution in [2.75, 3.05) is 7.11 Å². The zero-order valence-electron chi connectivity index (χ0n) is 19.9. The number of fused-ring (bicyclic) bond motifs is 1. The molecule has 0 bridgehead atoms. The van der Waals surface area contributed by atoms with E-state index < -0.39 is 0 Å². The Balaban J connectivity index is 1.59. The summed E-state index contributed by atoms with van der Waals surface area (Å²) >= 11 is 0. The minimum Gasteiger partial charge on any atom is -0.497 e. The minimum absolute atomic E-state index is 0.538. The minimum atomic E-state index is 0.538. The maximum atomic E-state index is 6.31. The Hall–Kier alpha value is -3.52. The van der Waals surface area contributed by atoms with Crippen LogP contribution < -0.4 is 9.47 Å². The first-order valence-electron chi connectivity index (χ1n) is 12.4. The van der Waals surface area contributed by atoms with Crippen molar-refractivity contribution in [2.24, 2.45) is 0 Å². The molecule has 0 heterocycles. The molecule has 0 N–H and O–H groups in total. The molecule has 2 heteroatoms. The summed E-state index contributed by atoms with van der Waals surface area (Å²) in [6.07, 6.45) is 10.0. The van der Waals surface area contributed by atoms with Gasteiger partial charge in [0.25, 0.3) is 0 Å². The maximum absolute atomic E-state index is 6.31. The predicted octanol–water partition coefficient (Wildman–Crippen LogP) is 8.83. The highest BCUT2D eigenvalue weighted by atomic mass is 16.5. The molecule has 0 amide bonds. The smallest absolute Gasteiger partial charge is 0.127 e. The quantitative estimate of drug-likeness (QED) is 0.293. The van der Waals surface area contributed by atoms with Gasteiger partial charge in [-0.15, -0.1) is 0 Å². The van der Waals surface area contributed by atoms with Gasteiger partial charge in [-0.05, 0) is 83.2 Å². The van der Waals surface area contributed by atoms with Gasteiger partial charge in [0.05, 0.1) is 7.11 Å². The fraction of sp³-hybridized carbons (Fsp3) is 0.250. The van der Waals surface area contributed by atoms with Crippen LogP contribution in [0.25, 0.3) is 27.5 Å². The predicted molar refractivity (Wildman–Crippen MR) is 142 cm³/mol. The molecule has 0 spiro atoms. The van der Waals surface area contributed by atoms with E-state index in [-0.39, 0.29) is 0 Å². The molecule has 1 aliphatic rings. The number of ether oxygens (including phenoxy) is 2. The third-order valence-electron chi connectivity index (χ3n) is 6.78. The van der Waals surface area contributed by atoms with Crippen LogP contribution in [-0.2, 0) is 6.61 Å². The Kier molecular flexibility index (Phi) is 6.95. The molecule has 4 aromatic carbocycles. The molecular formula is C32H32O2. The van der Waals surface area contributed by atoms with Crippen molar-refractivity contribution in [1.82, 2.24) is 0 Å². The second-order valence-corrected chi connectivity index (χ2v) is 9.02. The fourth-order valence-corrected chi connectivity index (χ4v) is 4.96. The molecule has 172 valence electrons. The average Bonchev–Trinajstić information content (AvgIpc) is 2.87. The lowest BCUT2D eigenvalue weighted by Crippen LogP contribution is -1.98. The molecule has 0 atom stereocenters. The standard InChI is InChI=1S/C32H32O2/c1-33-26-18-19-30-29(20-21-32(31(30)22-26)34-23-24-12-6-5-7-13-24)28-17-11-10-16-27(28)25-14-8-3-2-4-9-15-25/h5-7,10-14,16-22H,2-4,8-9,15,23H2,1H3/b25-14+. The fourth-order valence-electron chi connectivity index (χ4n) is 4.96. The summed E-state index contributed by atoms with van der Waals surface area (Å²) in [5.41, 5.74) is 6.53. The van der Waals surface area contributed by atoms with E-state index in [9.17, 15) is 0 Å². The average molecular weight is 449 g/mol. The van der Waals surface area contributed by atoms with E-state index in [2.05, 4.69) is 66.7 Å². The molecular weight excluding hydrogens is 416 g/mol. The van der Waals surface area contributed by atoms with Crippen molar-refractivity contribution < 1.29 is 9.47 Å². The van der Waals surface area contributed by atoms with E-state index in [1.54, 1.807) is 7.11 Å². The molecule has 0 saturated heterocycles. The second kappa shape index (κ2) is 10.6. The monoisotopic (exact) mass is 448 g/mol. The molecule has 0 aliphatic heterocycles. The second-order valence-electron chi connectivity index (χ2n) is 9.02. The van der Waals surface area contributed by atoms with Crippen molar-refractivity contribution in [1.29, 1.82) is 0 Å². The Morgan fingerprint density at radius 1 is 0.676 bits per heavy atom. The molecule has 4 aromatic rings. The lowest BCUT2D eigenvalue weighted by atomic mass is 9.87. The van der Waals surface area contributed by atoms with Gasteiger partial charge in [0, 0.05) is 5.39 Å². The zero-order chi connectivity index (χ0) is 23.2. The lowest BCUT2D eigenvalue weighted by molar-refractivity contribution is 0.310. The van der Waals surface area contributed by atoms with Crippen molar-refractivity contribution >= 4 is 16.3 Å². The number of benzene rings is 4. The Morgan fingerprint density at radius 3 is 2.32 bits per heavy atom. The van der Waals surface area contributed by atoms with Gasteiger partial charge in [0.1, 0.15) is 18.1 Å². The molecule has 0 saturated carbocycles. The van der Waals surface area contributed by atoms with Crippen molar-refractivity contribution in [3.63, 3.8) is 0 Å². The highest BCUT2D eigenvalue weighted by molar-refractivity contribution is 6.02. The van der Waals surface area contributed by atoms with Gasteiger partial charge >= 0.3 is 0 Å². The largest absolute Gasteiger partial charge is 0.497 e. The molecule has 0 unspecified atom stereocenters. The van der Waals surface area contributed by atoms with E-state index in [1.807, 2.05) is 24.3 Å². The van der Waals surface area contributed by atoms with E-state index in [4.69, 9.17) is 9.47 Å². The SMILES string of the molecule is COc1ccc2c(-c3ccccc3/C3=C/CCCCCC3)ccc(OCc3ccccc3)c2c1. The summed E-state index contributed by atoms with van der Waals surface area (Å²) in [5, 5.41) is 2.26. The van der Waals surface area contributed by atoms with Gasteiger partial charge in [0.15, 0.2) is 0 Å². The summed E-state index contributed by atoms with van der Waals surface area (Å²) in [5.74, 6) is 1.72. The molecule has 2 nitrogen and oxygen atoms in total. The maximum Gasteiger partial charge on any atom is 0.127 e. The Labute approximate surface area is 202 Å². The van der Waals surface area contributed by atoms with Crippen molar-refractivity contribution in [3.05, 3.63) is 102 Å². The number of methoxy groups -OCH3 is 1. The summed E-state index contributed by atoms with van der Waals surface area (Å²) in [7, 11) is 1.71. The highest BCUT2D eigenvalue weighted by Crippen LogP contribution is 2.40. The van der Waals surface area contributed by atoms with Crippen LogP contribution in [0.3, 0.4) is 0 Å². The van der Waals surface area contributed by atoms with Crippen molar-refractivity contribution in [2.45, 2.75) is 45.1 Å². The first kappa shape index (κ1) is 22.3. The van der Waals surface area contributed by atoms with Gasteiger partial charge in [-0.2, -0.15) is 0 Å². The third kappa shape index (κ3) is 4.87. The van der Waals surface area contributed by atoms with Crippen molar-refractivity contribution in [3.8, 4) is 22.6 Å². The number of rotatable bonds is 6.